The fourth-order valence-electron chi connectivity index (χ4n) is 2.98. The third-order valence-electron chi connectivity index (χ3n) is 4.38. The number of urea groups is 1. The summed E-state index contributed by atoms with van der Waals surface area (Å²) in [6.45, 7) is 4.70. The SMILES string of the molecule is CCNc1cc(-c2ccc(NC(=O)Nc3ccc(C(F)(F)F)cc3)cc2C)ccn1. The van der Waals surface area contributed by atoms with E-state index in [1.54, 1.807) is 12.3 Å². The second-order valence-electron chi connectivity index (χ2n) is 6.64. The van der Waals surface area contributed by atoms with Gasteiger partial charge in [0.1, 0.15) is 5.82 Å². The average molecular weight is 414 g/mol. The van der Waals surface area contributed by atoms with Crippen molar-refractivity contribution in [2.24, 2.45) is 0 Å². The molecule has 0 fully saturated rings. The summed E-state index contributed by atoms with van der Waals surface area (Å²) in [7, 11) is 0. The summed E-state index contributed by atoms with van der Waals surface area (Å²) in [6, 6.07) is 13.1. The lowest BCUT2D eigenvalue weighted by molar-refractivity contribution is -0.137. The smallest absolute Gasteiger partial charge is 0.370 e. The third kappa shape index (κ3) is 5.28. The first-order valence-electron chi connectivity index (χ1n) is 9.32. The number of benzene rings is 2. The van der Waals surface area contributed by atoms with Crippen LogP contribution in [0.1, 0.15) is 18.1 Å². The summed E-state index contributed by atoms with van der Waals surface area (Å²) in [5.74, 6) is 0.785. The zero-order chi connectivity index (χ0) is 21.7. The summed E-state index contributed by atoms with van der Waals surface area (Å²) in [5, 5.41) is 8.38. The summed E-state index contributed by atoms with van der Waals surface area (Å²) < 4.78 is 37.8. The minimum Gasteiger partial charge on any atom is -0.370 e. The number of amides is 2. The summed E-state index contributed by atoms with van der Waals surface area (Å²) in [4.78, 5) is 16.4. The fourth-order valence-corrected chi connectivity index (χ4v) is 2.98. The molecule has 2 aromatic carbocycles. The highest BCUT2D eigenvalue weighted by Gasteiger charge is 2.29. The molecule has 0 aliphatic carbocycles. The molecule has 0 saturated heterocycles. The Morgan fingerprint density at radius 1 is 0.967 bits per heavy atom. The van der Waals surface area contributed by atoms with Gasteiger partial charge in [-0.05, 0) is 79.1 Å². The molecular formula is C22H21F3N4O. The molecule has 3 aromatic rings. The van der Waals surface area contributed by atoms with Gasteiger partial charge in [0, 0.05) is 24.1 Å². The number of pyridine rings is 1. The maximum absolute atomic E-state index is 12.6. The lowest BCUT2D eigenvalue weighted by atomic mass is 10.0. The van der Waals surface area contributed by atoms with Crippen molar-refractivity contribution in [1.82, 2.24) is 4.98 Å². The van der Waals surface area contributed by atoms with E-state index in [1.807, 2.05) is 38.1 Å². The van der Waals surface area contributed by atoms with Crippen LogP contribution in [0.4, 0.5) is 35.2 Å². The van der Waals surface area contributed by atoms with Crippen LogP contribution in [0.3, 0.4) is 0 Å². The van der Waals surface area contributed by atoms with Gasteiger partial charge in [-0.1, -0.05) is 6.07 Å². The fraction of sp³-hybridized carbons (Fsp3) is 0.182. The van der Waals surface area contributed by atoms with Gasteiger partial charge in [-0.25, -0.2) is 9.78 Å². The molecule has 0 aliphatic heterocycles. The normalized spacial score (nSPS) is 11.1. The van der Waals surface area contributed by atoms with Crippen molar-refractivity contribution in [3.63, 3.8) is 0 Å². The Balaban J connectivity index is 1.68. The Hall–Kier alpha value is -3.55. The molecule has 0 atom stereocenters. The molecule has 3 rings (SSSR count). The number of hydrogen-bond donors (Lipinski definition) is 3. The van der Waals surface area contributed by atoms with Crippen LogP contribution in [0.5, 0.6) is 0 Å². The van der Waals surface area contributed by atoms with Gasteiger partial charge < -0.3 is 16.0 Å². The van der Waals surface area contributed by atoms with Gasteiger partial charge in [-0.15, -0.1) is 0 Å². The third-order valence-corrected chi connectivity index (χ3v) is 4.38. The van der Waals surface area contributed by atoms with Gasteiger partial charge in [0.25, 0.3) is 0 Å². The minimum absolute atomic E-state index is 0.265. The Kier molecular flexibility index (Phi) is 6.25. The van der Waals surface area contributed by atoms with E-state index in [-0.39, 0.29) is 5.69 Å². The molecule has 0 aliphatic rings. The van der Waals surface area contributed by atoms with Crippen molar-refractivity contribution in [3.8, 4) is 11.1 Å². The van der Waals surface area contributed by atoms with Gasteiger partial charge in [0.15, 0.2) is 0 Å². The van der Waals surface area contributed by atoms with Gasteiger partial charge in [-0.2, -0.15) is 13.2 Å². The van der Waals surface area contributed by atoms with Crippen LogP contribution in [-0.4, -0.2) is 17.6 Å². The number of rotatable bonds is 5. The lowest BCUT2D eigenvalue weighted by Crippen LogP contribution is -2.19. The van der Waals surface area contributed by atoms with E-state index in [2.05, 4.69) is 20.9 Å². The molecule has 0 unspecified atom stereocenters. The number of nitrogens with one attached hydrogen (secondary N) is 3. The Bertz CT molecular complexity index is 1030. The number of hydrogen-bond acceptors (Lipinski definition) is 3. The highest BCUT2D eigenvalue weighted by molar-refractivity contribution is 6.00. The molecule has 1 aromatic heterocycles. The molecule has 156 valence electrons. The maximum Gasteiger partial charge on any atom is 0.416 e. The van der Waals surface area contributed by atoms with E-state index >= 15 is 0 Å². The number of aryl methyl sites for hydroxylation is 1. The molecule has 2 amide bonds. The zero-order valence-corrected chi connectivity index (χ0v) is 16.5. The first-order valence-corrected chi connectivity index (χ1v) is 9.32. The topological polar surface area (TPSA) is 66.0 Å². The van der Waals surface area contributed by atoms with E-state index in [4.69, 9.17) is 0 Å². The number of carbonyl (C=O) groups is 1. The predicted molar refractivity (Wildman–Crippen MR) is 113 cm³/mol. The van der Waals surface area contributed by atoms with Gasteiger partial charge >= 0.3 is 12.2 Å². The Morgan fingerprint density at radius 2 is 1.63 bits per heavy atom. The largest absolute Gasteiger partial charge is 0.416 e. The zero-order valence-electron chi connectivity index (χ0n) is 16.5. The van der Waals surface area contributed by atoms with Crippen LogP contribution in [0.25, 0.3) is 11.1 Å². The van der Waals surface area contributed by atoms with Crippen molar-refractivity contribution >= 4 is 23.2 Å². The van der Waals surface area contributed by atoms with E-state index < -0.39 is 17.8 Å². The second kappa shape index (κ2) is 8.86. The first-order chi connectivity index (χ1) is 14.3. The van der Waals surface area contributed by atoms with E-state index in [0.29, 0.717) is 5.69 Å². The van der Waals surface area contributed by atoms with Crippen LogP contribution >= 0.6 is 0 Å². The first kappa shape index (κ1) is 21.2. The van der Waals surface area contributed by atoms with E-state index in [1.165, 1.54) is 12.1 Å². The van der Waals surface area contributed by atoms with Crippen molar-refractivity contribution in [1.29, 1.82) is 0 Å². The van der Waals surface area contributed by atoms with Crippen molar-refractivity contribution < 1.29 is 18.0 Å². The number of halogens is 3. The molecule has 0 bridgehead atoms. The quantitative estimate of drug-likeness (QED) is 0.469. The van der Waals surface area contributed by atoms with Crippen molar-refractivity contribution in [2.45, 2.75) is 20.0 Å². The maximum atomic E-state index is 12.6. The van der Waals surface area contributed by atoms with Crippen LogP contribution < -0.4 is 16.0 Å². The van der Waals surface area contributed by atoms with Crippen LogP contribution in [0.15, 0.2) is 60.8 Å². The van der Waals surface area contributed by atoms with E-state index in [0.717, 1.165) is 41.2 Å². The Labute approximate surface area is 172 Å². The van der Waals surface area contributed by atoms with Gasteiger partial charge in [0.05, 0.1) is 5.56 Å². The lowest BCUT2D eigenvalue weighted by Gasteiger charge is -2.12. The molecule has 8 heteroatoms. The van der Waals surface area contributed by atoms with Crippen molar-refractivity contribution in [3.05, 3.63) is 71.9 Å². The number of anilines is 3. The van der Waals surface area contributed by atoms with Gasteiger partial charge in [0.2, 0.25) is 0 Å². The van der Waals surface area contributed by atoms with Gasteiger partial charge in [-0.3, -0.25) is 0 Å². The number of carbonyl (C=O) groups excluding carboxylic acids is 1. The molecular weight excluding hydrogens is 393 g/mol. The second-order valence-corrected chi connectivity index (χ2v) is 6.64. The molecule has 1 heterocycles. The number of alkyl halides is 3. The van der Waals surface area contributed by atoms with Crippen LogP contribution in [-0.2, 0) is 6.18 Å². The predicted octanol–water partition coefficient (Wildman–Crippen LogP) is 6.15. The summed E-state index contributed by atoms with van der Waals surface area (Å²) >= 11 is 0. The molecule has 5 nitrogen and oxygen atoms in total. The highest BCUT2D eigenvalue weighted by atomic mass is 19.4. The number of nitrogens with zero attached hydrogens (tertiary/aromatic N) is 1. The number of aromatic nitrogens is 1. The van der Waals surface area contributed by atoms with Crippen LogP contribution in [0, 0.1) is 6.92 Å². The monoisotopic (exact) mass is 414 g/mol. The average Bonchev–Trinajstić information content (AvgIpc) is 2.68. The van der Waals surface area contributed by atoms with Crippen LogP contribution in [0.2, 0.25) is 0 Å². The molecule has 0 radical (unpaired) electrons. The summed E-state index contributed by atoms with van der Waals surface area (Å²) in [6.07, 6.45) is -2.68. The molecule has 0 spiro atoms. The summed E-state index contributed by atoms with van der Waals surface area (Å²) in [5.41, 5.74) is 3.02. The Morgan fingerprint density at radius 3 is 2.27 bits per heavy atom. The molecule has 0 saturated carbocycles. The van der Waals surface area contributed by atoms with E-state index in [9.17, 15) is 18.0 Å². The minimum atomic E-state index is -4.41. The van der Waals surface area contributed by atoms with Crippen molar-refractivity contribution in [2.75, 3.05) is 22.5 Å². The molecule has 30 heavy (non-hydrogen) atoms. The molecule has 3 N–H and O–H groups in total. The highest BCUT2D eigenvalue weighted by Crippen LogP contribution is 2.30. The standard InChI is InChI=1S/C22H21F3N4O/c1-3-26-20-13-15(10-11-27-20)19-9-8-18(12-14(19)2)29-21(30)28-17-6-4-16(5-7-17)22(23,24)25/h4-13H,3H2,1-2H3,(H,26,27)(H2,28,29,30).